The van der Waals surface area contributed by atoms with E-state index in [1.54, 1.807) is 39.4 Å². The van der Waals surface area contributed by atoms with Gasteiger partial charge in [-0.05, 0) is 48.2 Å². The van der Waals surface area contributed by atoms with Gasteiger partial charge in [-0.25, -0.2) is 4.79 Å². The Morgan fingerprint density at radius 1 is 1.08 bits per heavy atom. The van der Waals surface area contributed by atoms with Crippen molar-refractivity contribution in [2.45, 2.75) is 26.4 Å². The van der Waals surface area contributed by atoms with Gasteiger partial charge in [0.05, 0.1) is 26.4 Å². The first-order valence-electron chi connectivity index (χ1n) is 11.8. The number of nitrogens with one attached hydrogen (secondary N) is 1. The van der Waals surface area contributed by atoms with Crippen LogP contribution in [0.4, 0.5) is 5.00 Å². The van der Waals surface area contributed by atoms with Crippen LogP contribution in [0.5, 0.6) is 11.5 Å². The van der Waals surface area contributed by atoms with Crippen molar-refractivity contribution in [3.05, 3.63) is 81.7 Å². The fourth-order valence-corrected chi connectivity index (χ4v) is 5.50. The average Bonchev–Trinajstić information content (AvgIpc) is 3.25. The van der Waals surface area contributed by atoms with Crippen LogP contribution in [0.15, 0.2) is 54.6 Å². The van der Waals surface area contributed by atoms with Crippen molar-refractivity contribution < 1.29 is 23.8 Å². The molecule has 0 saturated carbocycles. The molecule has 0 radical (unpaired) electrons. The number of benzene rings is 2. The normalized spacial score (nSPS) is 13.3. The van der Waals surface area contributed by atoms with E-state index < -0.39 is 5.97 Å². The second-order valence-corrected chi connectivity index (χ2v) is 9.42. The van der Waals surface area contributed by atoms with Crippen molar-refractivity contribution in [3.8, 4) is 11.5 Å². The van der Waals surface area contributed by atoms with Crippen molar-refractivity contribution in [1.29, 1.82) is 0 Å². The fraction of sp³-hybridized carbons (Fsp3) is 0.286. The lowest BCUT2D eigenvalue weighted by Crippen LogP contribution is -2.29. The quantitative estimate of drug-likeness (QED) is 0.319. The van der Waals surface area contributed by atoms with Gasteiger partial charge in [-0.1, -0.05) is 36.4 Å². The molecule has 0 unspecified atom stereocenters. The minimum atomic E-state index is -0.398. The first-order chi connectivity index (χ1) is 17.5. The molecular formula is C28H30N2O5S. The molecule has 1 aromatic heterocycles. The zero-order valence-corrected chi connectivity index (χ0v) is 21.5. The predicted molar refractivity (Wildman–Crippen MR) is 142 cm³/mol. The van der Waals surface area contributed by atoms with Crippen LogP contribution in [-0.4, -0.2) is 44.1 Å². The lowest BCUT2D eigenvalue weighted by molar-refractivity contribution is -0.111. The van der Waals surface area contributed by atoms with E-state index in [0.717, 1.165) is 42.1 Å². The zero-order chi connectivity index (χ0) is 25.5. The van der Waals surface area contributed by atoms with E-state index in [1.807, 2.05) is 24.3 Å². The minimum absolute atomic E-state index is 0.274. The molecule has 0 saturated heterocycles. The van der Waals surface area contributed by atoms with E-state index in [0.29, 0.717) is 22.1 Å². The number of hydrogen-bond acceptors (Lipinski definition) is 7. The molecule has 2 aromatic carbocycles. The Kier molecular flexibility index (Phi) is 8.40. The third-order valence-corrected chi connectivity index (χ3v) is 7.07. The second kappa shape index (κ2) is 11.9. The van der Waals surface area contributed by atoms with Crippen molar-refractivity contribution >= 4 is 34.3 Å². The van der Waals surface area contributed by atoms with Gasteiger partial charge < -0.3 is 19.5 Å². The standard InChI is InChI=1S/C28H30N2O5S/c1-4-35-28(32)26-21-14-15-30(17-20-8-6-5-7-9-20)18-24(21)36-27(26)29-25(31)13-11-19-10-12-22(33-2)23(16-19)34-3/h5-13,16H,4,14-15,17-18H2,1-3H3,(H,29,31)/b13-11+. The summed E-state index contributed by atoms with van der Waals surface area (Å²) in [6, 6.07) is 15.7. The average molecular weight is 507 g/mol. The summed E-state index contributed by atoms with van der Waals surface area (Å²) in [6.07, 6.45) is 3.86. The monoisotopic (exact) mass is 506 g/mol. The predicted octanol–water partition coefficient (Wildman–Crippen LogP) is 5.15. The number of esters is 1. The molecule has 8 heteroatoms. The minimum Gasteiger partial charge on any atom is -0.493 e. The Bertz CT molecular complexity index is 1250. The van der Waals surface area contributed by atoms with Crippen molar-refractivity contribution in [2.75, 3.05) is 32.7 Å². The van der Waals surface area contributed by atoms with Gasteiger partial charge in [-0.2, -0.15) is 0 Å². The van der Waals surface area contributed by atoms with Crippen molar-refractivity contribution in [1.82, 2.24) is 4.90 Å². The molecule has 0 spiro atoms. The number of carbonyl (C=O) groups excluding carboxylic acids is 2. The molecule has 0 atom stereocenters. The third kappa shape index (κ3) is 5.95. The molecule has 1 aliphatic heterocycles. The Balaban J connectivity index is 1.52. The largest absolute Gasteiger partial charge is 0.493 e. The van der Waals surface area contributed by atoms with Crippen LogP contribution >= 0.6 is 11.3 Å². The van der Waals surface area contributed by atoms with Crippen LogP contribution in [0.3, 0.4) is 0 Å². The fourth-order valence-electron chi connectivity index (χ4n) is 4.22. The van der Waals surface area contributed by atoms with Gasteiger partial charge in [0.15, 0.2) is 11.5 Å². The summed E-state index contributed by atoms with van der Waals surface area (Å²) in [5, 5.41) is 3.44. The Labute approximate surface area is 215 Å². The Hall–Kier alpha value is -3.62. The van der Waals surface area contributed by atoms with Crippen LogP contribution in [-0.2, 0) is 29.0 Å². The summed E-state index contributed by atoms with van der Waals surface area (Å²) in [4.78, 5) is 29.1. The summed E-state index contributed by atoms with van der Waals surface area (Å²) in [5.74, 6) is 0.472. The molecule has 0 fully saturated rings. The molecule has 188 valence electrons. The van der Waals surface area contributed by atoms with Crippen LogP contribution in [0.1, 0.15) is 38.8 Å². The first kappa shape index (κ1) is 25.5. The van der Waals surface area contributed by atoms with Gasteiger partial charge >= 0.3 is 5.97 Å². The summed E-state index contributed by atoms with van der Waals surface area (Å²) >= 11 is 1.45. The SMILES string of the molecule is CCOC(=O)c1c(NC(=O)/C=C/c2ccc(OC)c(OC)c2)sc2c1CCN(Cc1ccccc1)C2. The molecule has 1 aliphatic rings. The summed E-state index contributed by atoms with van der Waals surface area (Å²) < 4.78 is 15.9. The first-order valence-corrected chi connectivity index (χ1v) is 12.6. The number of ether oxygens (including phenoxy) is 3. The number of hydrogen-bond donors (Lipinski definition) is 1. The van der Waals surface area contributed by atoms with Gasteiger partial charge in [0, 0.05) is 30.6 Å². The van der Waals surface area contributed by atoms with Crippen molar-refractivity contribution in [3.63, 3.8) is 0 Å². The van der Waals surface area contributed by atoms with Crippen LogP contribution in [0.2, 0.25) is 0 Å². The number of methoxy groups -OCH3 is 2. The summed E-state index contributed by atoms with van der Waals surface area (Å²) in [6.45, 7) is 4.44. The molecule has 7 nitrogen and oxygen atoms in total. The van der Waals surface area contributed by atoms with Gasteiger partial charge in [-0.15, -0.1) is 11.3 Å². The van der Waals surface area contributed by atoms with Gasteiger partial charge in [-0.3, -0.25) is 9.69 Å². The maximum Gasteiger partial charge on any atom is 0.341 e. The van der Waals surface area contributed by atoms with E-state index in [9.17, 15) is 9.59 Å². The molecule has 4 rings (SSSR count). The smallest absolute Gasteiger partial charge is 0.341 e. The van der Waals surface area contributed by atoms with E-state index in [2.05, 4.69) is 22.3 Å². The van der Waals surface area contributed by atoms with Crippen molar-refractivity contribution in [2.24, 2.45) is 0 Å². The van der Waals surface area contributed by atoms with E-state index in [4.69, 9.17) is 14.2 Å². The highest BCUT2D eigenvalue weighted by Crippen LogP contribution is 2.38. The Morgan fingerprint density at radius 2 is 1.86 bits per heavy atom. The molecule has 0 aliphatic carbocycles. The number of nitrogens with zero attached hydrogens (tertiary/aromatic N) is 1. The topological polar surface area (TPSA) is 77.1 Å². The number of rotatable bonds is 9. The third-order valence-electron chi connectivity index (χ3n) is 5.94. The van der Waals surface area contributed by atoms with Crippen LogP contribution in [0.25, 0.3) is 6.08 Å². The Morgan fingerprint density at radius 3 is 2.58 bits per heavy atom. The van der Waals surface area contributed by atoms with E-state index in [-0.39, 0.29) is 12.5 Å². The lowest BCUT2D eigenvalue weighted by Gasteiger charge is -2.27. The number of carbonyl (C=O) groups is 2. The van der Waals surface area contributed by atoms with Gasteiger partial charge in [0.1, 0.15) is 5.00 Å². The number of amides is 1. The number of thiophene rings is 1. The lowest BCUT2D eigenvalue weighted by atomic mass is 10.0. The zero-order valence-electron chi connectivity index (χ0n) is 20.7. The maximum absolute atomic E-state index is 12.8. The number of fused-ring (bicyclic) bond motifs is 1. The summed E-state index contributed by atoms with van der Waals surface area (Å²) in [5.41, 5.74) is 3.48. The van der Waals surface area contributed by atoms with Gasteiger partial charge in [0.25, 0.3) is 0 Å². The molecule has 0 bridgehead atoms. The molecule has 2 heterocycles. The highest BCUT2D eigenvalue weighted by molar-refractivity contribution is 7.17. The summed E-state index contributed by atoms with van der Waals surface area (Å²) in [7, 11) is 3.14. The number of anilines is 1. The molecule has 3 aromatic rings. The maximum atomic E-state index is 12.8. The van der Waals surface area contributed by atoms with Crippen LogP contribution in [0, 0.1) is 0 Å². The van der Waals surface area contributed by atoms with Gasteiger partial charge in [0.2, 0.25) is 5.91 Å². The molecule has 36 heavy (non-hydrogen) atoms. The molecular weight excluding hydrogens is 476 g/mol. The molecule has 1 N–H and O–H groups in total. The second-order valence-electron chi connectivity index (χ2n) is 8.31. The van der Waals surface area contributed by atoms with Crippen LogP contribution < -0.4 is 14.8 Å². The van der Waals surface area contributed by atoms with E-state index >= 15 is 0 Å². The highest BCUT2D eigenvalue weighted by atomic mass is 32.1. The van der Waals surface area contributed by atoms with E-state index in [1.165, 1.54) is 23.0 Å². The molecule has 1 amide bonds. The highest BCUT2D eigenvalue weighted by Gasteiger charge is 2.29.